The monoisotopic (exact) mass is 200 g/mol. The lowest BCUT2D eigenvalue weighted by atomic mass is 10.4. The second-order valence-corrected chi connectivity index (χ2v) is 2.68. The van der Waals surface area contributed by atoms with Crippen molar-refractivity contribution in [2.45, 2.75) is 6.42 Å². The summed E-state index contributed by atoms with van der Waals surface area (Å²) >= 11 is 5.58. The highest BCUT2D eigenvalue weighted by molar-refractivity contribution is 6.29. The first-order valence-corrected chi connectivity index (χ1v) is 4.08. The Labute approximate surface area is 80.3 Å². The normalized spacial score (nSPS) is 9.69. The molecule has 1 aromatic rings. The van der Waals surface area contributed by atoms with Gasteiger partial charge in [-0.05, 0) is 6.07 Å². The van der Waals surface area contributed by atoms with Gasteiger partial charge in [0.1, 0.15) is 5.15 Å². The zero-order chi connectivity index (χ0) is 9.68. The van der Waals surface area contributed by atoms with Crippen LogP contribution in [0.1, 0.15) is 6.42 Å². The highest BCUT2D eigenvalue weighted by Gasteiger charge is 2.02. The summed E-state index contributed by atoms with van der Waals surface area (Å²) in [5, 5.41) is 2.75. The van der Waals surface area contributed by atoms with E-state index >= 15 is 0 Å². The summed E-state index contributed by atoms with van der Waals surface area (Å²) in [6.45, 7) is 0.298. The van der Waals surface area contributed by atoms with E-state index in [0.717, 1.165) is 0 Å². The summed E-state index contributed by atoms with van der Waals surface area (Å²) in [5.74, 6) is -0.0179. The third-order valence-electron chi connectivity index (χ3n) is 1.24. The molecule has 1 amide bonds. The lowest BCUT2D eigenvalue weighted by molar-refractivity contribution is -0.116. The summed E-state index contributed by atoms with van der Waals surface area (Å²) in [5.41, 5.74) is 5.19. The fraction of sp³-hybridized carbons (Fsp3) is 0.286. The molecule has 0 aliphatic rings. The molecule has 0 saturated carbocycles. The topological polar surface area (TPSA) is 80.9 Å². The Hall–Kier alpha value is -1.20. The lowest BCUT2D eigenvalue weighted by Gasteiger charge is -2.01. The van der Waals surface area contributed by atoms with Gasteiger partial charge < -0.3 is 5.73 Å². The van der Waals surface area contributed by atoms with E-state index in [9.17, 15) is 4.79 Å². The first kappa shape index (κ1) is 9.88. The summed E-state index contributed by atoms with van der Waals surface area (Å²) in [4.78, 5) is 18.6. The standard InChI is InChI=1S/C7H9ClN4O/c8-5-2-4-10-7(11-5)12-6(13)1-3-9/h2,4H,1,3,9H2,(H,10,11,12,13). The molecular weight excluding hydrogens is 192 g/mol. The Morgan fingerprint density at radius 3 is 3.08 bits per heavy atom. The molecule has 0 bridgehead atoms. The number of anilines is 1. The number of hydrogen-bond acceptors (Lipinski definition) is 4. The predicted molar refractivity (Wildman–Crippen MR) is 49.3 cm³/mol. The molecule has 0 aliphatic heterocycles. The molecule has 6 heteroatoms. The van der Waals surface area contributed by atoms with Crippen molar-refractivity contribution in [2.24, 2.45) is 5.73 Å². The average Bonchev–Trinajstić information content (AvgIpc) is 2.04. The zero-order valence-corrected chi connectivity index (χ0v) is 7.58. The second-order valence-electron chi connectivity index (χ2n) is 2.29. The third-order valence-corrected chi connectivity index (χ3v) is 1.45. The summed E-state index contributed by atoms with van der Waals surface area (Å²) in [7, 11) is 0. The van der Waals surface area contributed by atoms with Crippen LogP contribution in [0.25, 0.3) is 0 Å². The van der Waals surface area contributed by atoms with Crippen LogP contribution in [0, 0.1) is 0 Å². The molecule has 0 saturated heterocycles. The van der Waals surface area contributed by atoms with Gasteiger partial charge in [0.05, 0.1) is 0 Å². The number of carbonyl (C=O) groups is 1. The van der Waals surface area contributed by atoms with E-state index < -0.39 is 0 Å². The largest absolute Gasteiger partial charge is 0.330 e. The number of amides is 1. The zero-order valence-electron chi connectivity index (χ0n) is 6.83. The smallest absolute Gasteiger partial charge is 0.230 e. The SMILES string of the molecule is NCCC(=O)Nc1nccc(Cl)n1. The highest BCUT2D eigenvalue weighted by atomic mass is 35.5. The van der Waals surface area contributed by atoms with Crippen LogP contribution in [-0.2, 0) is 4.79 Å². The van der Waals surface area contributed by atoms with Crippen molar-refractivity contribution in [1.29, 1.82) is 0 Å². The third kappa shape index (κ3) is 3.35. The van der Waals surface area contributed by atoms with Crippen molar-refractivity contribution in [1.82, 2.24) is 9.97 Å². The molecular formula is C7H9ClN4O. The van der Waals surface area contributed by atoms with E-state index in [1.807, 2.05) is 0 Å². The van der Waals surface area contributed by atoms with E-state index in [4.69, 9.17) is 17.3 Å². The van der Waals surface area contributed by atoms with E-state index in [1.165, 1.54) is 12.3 Å². The van der Waals surface area contributed by atoms with Crippen molar-refractivity contribution >= 4 is 23.5 Å². The first-order chi connectivity index (χ1) is 6.22. The number of hydrogen-bond donors (Lipinski definition) is 2. The lowest BCUT2D eigenvalue weighted by Crippen LogP contribution is -2.17. The number of aromatic nitrogens is 2. The Balaban J connectivity index is 2.58. The molecule has 0 unspecified atom stereocenters. The molecule has 0 spiro atoms. The van der Waals surface area contributed by atoms with Crippen LogP contribution in [-0.4, -0.2) is 22.4 Å². The molecule has 0 fully saturated rings. The van der Waals surface area contributed by atoms with Crippen LogP contribution in [0.5, 0.6) is 0 Å². The fourth-order valence-corrected chi connectivity index (χ4v) is 0.852. The van der Waals surface area contributed by atoms with Gasteiger partial charge in [0.25, 0.3) is 0 Å². The Kier molecular flexibility index (Phi) is 3.60. The molecule has 70 valence electrons. The van der Waals surface area contributed by atoms with E-state index in [2.05, 4.69) is 15.3 Å². The Morgan fingerprint density at radius 2 is 2.46 bits per heavy atom. The van der Waals surface area contributed by atoms with Gasteiger partial charge in [0.2, 0.25) is 11.9 Å². The van der Waals surface area contributed by atoms with Crippen LogP contribution in [0.2, 0.25) is 5.15 Å². The minimum absolute atomic E-state index is 0.200. The van der Waals surface area contributed by atoms with Crippen LogP contribution in [0.3, 0.4) is 0 Å². The maximum atomic E-state index is 11.0. The number of rotatable bonds is 3. The minimum atomic E-state index is -0.218. The Morgan fingerprint density at radius 1 is 1.69 bits per heavy atom. The quantitative estimate of drug-likeness (QED) is 0.693. The number of halogens is 1. The second kappa shape index (κ2) is 4.74. The molecule has 0 aromatic carbocycles. The maximum Gasteiger partial charge on any atom is 0.230 e. The van der Waals surface area contributed by atoms with Gasteiger partial charge in [-0.15, -0.1) is 0 Å². The molecule has 0 aliphatic carbocycles. The molecule has 5 nitrogen and oxygen atoms in total. The number of nitrogens with two attached hydrogens (primary N) is 1. The Bertz CT molecular complexity index is 304. The number of carbonyl (C=O) groups excluding carboxylic acids is 1. The van der Waals surface area contributed by atoms with Gasteiger partial charge in [-0.2, -0.15) is 0 Å². The van der Waals surface area contributed by atoms with Gasteiger partial charge in [0.15, 0.2) is 0 Å². The molecule has 0 atom stereocenters. The summed E-state index contributed by atoms with van der Waals surface area (Å²) in [6, 6.07) is 1.53. The summed E-state index contributed by atoms with van der Waals surface area (Å²) in [6.07, 6.45) is 1.71. The van der Waals surface area contributed by atoms with Crippen LogP contribution < -0.4 is 11.1 Å². The van der Waals surface area contributed by atoms with E-state index in [0.29, 0.717) is 6.54 Å². The molecule has 3 N–H and O–H groups in total. The van der Waals surface area contributed by atoms with Crippen LogP contribution >= 0.6 is 11.6 Å². The highest BCUT2D eigenvalue weighted by Crippen LogP contribution is 2.05. The van der Waals surface area contributed by atoms with Gasteiger partial charge in [-0.25, -0.2) is 9.97 Å². The first-order valence-electron chi connectivity index (χ1n) is 3.71. The number of nitrogens with one attached hydrogen (secondary N) is 1. The molecule has 1 aromatic heterocycles. The molecule has 1 rings (SSSR count). The van der Waals surface area contributed by atoms with Gasteiger partial charge in [-0.1, -0.05) is 11.6 Å². The van der Waals surface area contributed by atoms with Crippen LogP contribution in [0.15, 0.2) is 12.3 Å². The van der Waals surface area contributed by atoms with Crippen molar-refractivity contribution in [2.75, 3.05) is 11.9 Å². The summed E-state index contributed by atoms with van der Waals surface area (Å²) < 4.78 is 0. The van der Waals surface area contributed by atoms with Crippen molar-refractivity contribution < 1.29 is 4.79 Å². The fourth-order valence-electron chi connectivity index (χ4n) is 0.715. The average molecular weight is 201 g/mol. The van der Waals surface area contributed by atoms with Crippen molar-refractivity contribution in [3.8, 4) is 0 Å². The predicted octanol–water partition coefficient (Wildman–Crippen LogP) is 0.417. The van der Waals surface area contributed by atoms with E-state index in [-0.39, 0.29) is 23.4 Å². The van der Waals surface area contributed by atoms with E-state index in [1.54, 1.807) is 0 Å². The number of nitrogens with zero attached hydrogens (tertiary/aromatic N) is 2. The van der Waals surface area contributed by atoms with Crippen LogP contribution in [0.4, 0.5) is 5.95 Å². The molecule has 1 heterocycles. The molecule has 0 radical (unpaired) electrons. The van der Waals surface area contributed by atoms with Gasteiger partial charge in [-0.3, -0.25) is 10.1 Å². The van der Waals surface area contributed by atoms with Crippen molar-refractivity contribution in [3.05, 3.63) is 17.4 Å². The van der Waals surface area contributed by atoms with Gasteiger partial charge in [0, 0.05) is 19.2 Å². The van der Waals surface area contributed by atoms with Crippen molar-refractivity contribution in [3.63, 3.8) is 0 Å². The maximum absolute atomic E-state index is 11.0. The molecule has 13 heavy (non-hydrogen) atoms. The van der Waals surface area contributed by atoms with Gasteiger partial charge >= 0.3 is 0 Å². The minimum Gasteiger partial charge on any atom is -0.330 e.